The van der Waals surface area contributed by atoms with E-state index >= 15 is 0 Å². The van der Waals surface area contributed by atoms with Crippen molar-refractivity contribution in [3.05, 3.63) is 22.4 Å². The van der Waals surface area contributed by atoms with Crippen LogP contribution < -0.4 is 5.32 Å². The highest BCUT2D eigenvalue weighted by molar-refractivity contribution is 7.10. The first-order valence-corrected chi connectivity index (χ1v) is 8.06. The van der Waals surface area contributed by atoms with E-state index in [4.69, 9.17) is 0 Å². The normalized spacial score (nSPS) is 20.1. The van der Waals surface area contributed by atoms with Crippen LogP contribution in [0.15, 0.2) is 17.5 Å². The van der Waals surface area contributed by atoms with E-state index < -0.39 is 0 Å². The van der Waals surface area contributed by atoms with Crippen molar-refractivity contribution in [1.29, 1.82) is 0 Å². The fourth-order valence-electron chi connectivity index (χ4n) is 2.91. The maximum absolute atomic E-state index is 3.78. The maximum atomic E-state index is 3.78. The second-order valence-electron chi connectivity index (χ2n) is 5.20. The summed E-state index contributed by atoms with van der Waals surface area (Å²) in [7, 11) is 0. The third-order valence-corrected chi connectivity index (χ3v) is 4.79. The lowest BCUT2D eigenvalue weighted by molar-refractivity contribution is 0.330. The molecule has 0 aromatic carbocycles. The van der Waals surface area contributed by atoms with E-state index in [0.717, 1.165) is 12.5 Å². The fourth-order valence-corrected chi connectivity index (χ4v) is 3.81. The molecule has 1 saturated carbocycles. The number of hydrogen-bond donors (Lipinski definition) is 1. The monoisotopic (exact) mass is 251 g/mol. The summed E-state index contributed by atoms with van der Waals surface area (Å²) in [6, 6.07) is 5.12. The first-order chi connectivity index (χ1) is 8.42. The molecular weight excluding hydrogens is 226 g/mol. The van der Waals surface area contributed by atoms with E-state index in [2.05, 4.69) is 29.8 Å². The van der Waals surface area contributed by atoms with Gasteiger partial charge in [-0.1, -0.05) is 38.7 Å². The fraction of sp³-hybridized carbons (Fsp3) is 0.733. The zero-order valence-electron chi connectivity index (χ0n) is 11.0. The first-order valence-electron chi connectivity index (χ1n) is 7.18. The van der Waals surface area contributed by atoms with Crippen LogP contribution in [0.2, 0.25) is 0 Å². The second-order valence-corrected chi connectivity index (χ2v) is 6.18. The second kappa shape index (κ2) is 7.17. The van der Waals surface area contributed by atoms with E-state index in [1.165, 1.54) is 44.9 Å². The lowest BCUT2D eigenvalue weighted by atomic mass is 9.90. The predicted octanol–water partition coefficient (Wildman–Crippen LogP) is 4.76. The summed E-state index contributed by atoms with van der Waals surface area (Å²) < 4.78 is 0. The topological polar surface area (TPSA) is 12.0 Å². The van der Waals surface area contributed by atoms with Crippen molar-refractivity contribution >= 4 is 11.3 Å². The molecule has 1 atom stereocenters. The third kappa shape index (κ3) is 3.82. The largest absolute Gasteiger partial charge is 0.309 e. The molecule has 0 radical (unpaired) electrons. The number of rotatable bonds is 5. The molecule has 1 aromatic heterocycles. The molecule has 1 N–H and O–H groups in total. The van der Waals surface area contributed by atoms with Crippen LogP contribution in [-0.4, -0.2) is 6.54 Å². The zero-order valence-corrected chi connectivity index (χ0v) is 11.8. The molecule has 2 rings (SSSR count). The average Bonchev–Trinajstić information content (AvgIpc) is 2.73. The van der Waals surface area contributed by atoms with Crippen molar-refractivity contribution in [2.45, 2.75) is 57.9 Å². The van der Waals surface area contributed by atoms with Crippen LogP contribution in [0.5, 0.6) is 0 Å². The van der Waals surface area contributed by atoms with Gasteiger partial charge in [-0.2, -0.15) is 0 Å². The van der Waals surface area contributed by atoms with Crippen LogP contribution in [0.3, 0.4) is 0 Å². The Balaban J connectivity index is 2.02. The molecule has 1 aliphatic carbocycles. The van der Waals surface area contributed by atoms with Gasteiger partial charge >= 0.3 is 0 Å². The van der Waals surface area contributed by atoms with Crippen LogP contribution in [0.1, 0.15) is 62.8 Å². The van der Waals surface area contributed by atoms with Gasteiger partial charge in [-0.05, 0) is 43.2 Å². The van der Waals surface area contributed by atoms with Gasteiger partial charge in [0.15, 0.2) is 0 Å². The Morgan fingerprint density at radius 1 is 1.29 bits per heavy atom. The van der Waals surface area contributed by atoms with E-state index in [1.807, 2.05) is 11.3 Å². The van der Waals surface area contributed by atoms with Crippen molar-refractivity contribution in [3.8, 4) is 0 Å². The molecule has 1 unspecified atom stereocenters. The highest BCUT2D eigenvalue weighted by Gasteiger charge is 2.24. The van der Waals surface area contributed by atoms with Crippen LogP contribution in [0.4, 0.5) is 0 Å². The zero-order chi connectivity index (χ0) is 11.9. The molecule has 1 nitrogen and oxygen atoms in total. The van der Waals surface area contributed by atoms with Gasteiger partial charge in [0.2, 0.25) is 0 Å². The van der Waals surface area contributed by atoms with E-state index in [1.54, 1.807) is 4.88 Å². The van der Waals surface area contributed by atoms with Crippen LogP contribution in [0.25, 0.3) is 0 Å². The first kappa shape index (κ1) is 13.1. The van der Waals surface area contributed by atoms with Gasteiger partial charge < -0.3 is 5.32 Å². The van der Waals surface area contributed by atoms with E-state index in [0.29, 0.717) is 6.04 Å². The van der Waals surface area contributed by atoms with Crippen LogP contribution in [-0.2, 0) is 0 Å². The molecule has 0 bridgehead atoms. The summed E-state index contributed by atoms with van der Waals surface area (Å²) in [5.74, 6) is 0.864. The summed E-state index contributed by atoms with van der Waals surface area (Å²) >= 11 is 1.92. The molecule has 2 heteroatoms. The average molecular weight is 251 g/mol. The molecule has 0 saturated heterocycles. The molecule has 1 heterocycles. The molecule has 17 heavy (non-hydrogen) atoms. The minimum Gasteiger partial charge on any atom is -0.309 e. The van der Waals surface area contributed by atoms with Crippen LogP contribution in [0, 0.1) is 5.92 Å². The van der Waals surface area contributed by atoms with Gasteiger partial charge in [-0.15, -0.1) is 11.3 Å². The Bertz CT molecular complexity index is 286. The molecule has 1 aromatic rings. The van der Waals surface area contributed by atoms with Crippen molar-refractivity contribution < 1.29 is 0 Å². The molecule has 96 valence electrons. The van der Waals surface area contributed by atoms with Crippen molar-refractivity contribution in [2.75, 3.05) is 6.54 Å². The minimum absolute atomic E-state index is 0.619. The SMILES string of the molecule is CCCNC(c1cccs1)C1CCCCCC1. The van der Waals surface area contributed by atoms with Gasteiger partial charge in [0.1, 0.15) is 0 Å². The van der Waals surface area contributed by atoms with Crippen molar-refractivity contribution in [1.82, 2.24) is 5.32 Å². The summed E-state index contributed by atoms with van der Waals surface area (Å²) in [6.45, 7) is 3.41. The molecule has 1 aliphatic rings. The quantitative estimate of drug-likeness (QED) is 0.744. The summed E-state index contributed by atoms with van der Waals surface area (Å²) in [5.41, 5.74) is 0. The predicted molar refractivity (Wildman–Crippen MR) is 76.5 cm³/mol. The van der Waals surface area contributed by atoms with E-state index in [9.17, 15) is 0 Å². The molecule has 1 fully saturated rings. The van der Waals surface area contributed by atoms with Crippen molar-refractivity contribution in [3.63, 3.8) is 0 Å². The van der Waals surface area contributed by atoms with Gasteiger partial charge in [-0.3, -0.25) is 0 Å². The molecule has 0 amide bonds. The van der Waals surface area contributed by atoms with Gasteiger partial charge in [0, 0.05) is 10.9 Å². The highest BCUT2D eigenvalue weighted by Crippen LogP contribution is 2.35. The Labute approximate surface area is 110 Å². The lowest BCUT2D eigenvalue weighted by Crippen LogP contribution is -2.28. The van der Waals surface area contributed by atoms with Gasteiger partial charge in [-0.25, -0.2) is 0 Å². The van der Waals surface area contributed by atoms with E-state index in [-0.39, 0.29) is 0 Å². The minimum atomic E-state index is 0.619. The standard InChI is InChI=1S/C15H25NS/c1-2-11-16-15(14-10-7-12-17-14)13-8-5-3-4-6-9-13/h7,10,12-13,15-16H,2-6,8-9,11H2,1H3. The summed E-state index contributed by atoms with van der Waals surface area (Å²) in [6.07, 6.45) is 9.82. The van der Waals surface area contributed by atoms with Gasteiger partial charge in [0.05, 0.1) is 0 Å². The Hall–Kier alpha value is -0.340. The van der Waals surface area contributed by atoms with Gasteiger partial charge in [0.25, 0.3) is 0 Å². The maximum Gasteiger partial charge on any atom is 0.0443 e. The lowest BCUT2D eigenvalue weighted by Gasteiger charge is -2.26. The molecular formula is C15H25NS. The summed E-state index contributed by atoms with van der Waals surface area (Å²) in [4.78, 5) is 1.55. The number of nitrogens with one attached hydrogen (secondary N) is 1. The smallest absolute Gasteiger partial charge is 0.0443 e. The molecule has 0 spiro atoms. The third-order valence-electron chi connectivity index (χ3n) is 3.84. The van der Waals surface area contributed by atoms with Crippen LogP contribution >= 0.6 is 11.3 Å². The highest BCUT2D eigenvalue weighted by atomic mass is 32.1. The molecule has 0 aliphatic heterocycles. The number of thiophene rings is 1. The Morgan fingerprint density at radius 2 is 2.06 bits per heavy atom. The Morgan fingerprint density at radius 3 is 2.65 bits per heavy atom. The van der Waals surface area contributed by atoms with Crippen molar-refractivity contribution in [2.24, 2.45) is 5.92 Å². The summed E-state index contributed by atoms with van der Waals surface area (Å²) in [5, 5.41) is 5.99. The number of hydrogen-bond acceptors (Lipinski definition) is 2. The Kier molecular flexibility index (Phi) is 5.53.